The number of phenolic OH excluding ortho intramolecular Hbond substituents is 1. The number of thiocarbonyl (C=S) groups is 1. The number of hydrogen-bond donors (Lipinski definition) is 2. The number of nitrogens with one attached hydrogen (secondary N) is 1. The molecule has 0 radical (unpaired) electrons. The average Bonchev–Trinajstić information content (AvgIpc) is 2.62. The van der Waals surface area contributed by atoms with E-state index >= 15 is 0 Å². The van der Waals surface area contributed by atoms with Crippen LogP contribution in [-0.2, 0) is 4.79 Å². The highest BCUT2D eigenvalue weighted by Crippen LogP contribution is 2.36. The van der Waals surface area contributed by atoms with Crippen LogP contribution < -0.4 is 5.32 Å². The molecule has 0 aliphatic carbocycles. The SMILES string of the molecule is O=Nc1cc(Cl)cc(/C=C2\SC(=S)NC2=O)c1O. The summed E-state index contributed by atoms with van der Waals surface area (Å²) in [6.45, 7) is 0. The van der Waals surface area contributed by atoms with Crippen LogP contribution >= 0.6 is 35.6 Å². The third-order valence-electron chi connectivity index (χ3n) is 2.11. The molecule has 2 N–H and O–H groups in total. The van der Waals surface area contributed by atoms with Gasteiger partial charge in [-0.2, -0.15) is 0 Å². The number of thioether (sulfide) groups is 1. The van der Waals surface area contributed by atoms with E-state index in [-0.39, 0.29) is 27.9 Å². The molecule has 0 spiro atoms. The lowest BCUT2D eigenvalue weighted by atomic mass is 10.1. The van der Waals surface area contributed by atoms with Gasteiger partial charge in [0.2, 0.25) is 0 Å². The molecule has 8 heteroatoms. The fourth-order valence-corrected chi connectivity index (χ4v) is 2.60. The molecular formula is C10H5ClN2O3S2. The lowest BCUT2D eigenvalue weighted by molar-refractivity contribution is -0.115. The quantitative estimate of drug-likeness (QED) is 0.499. The summed E-state index contributed by atoms with van der Waals surface area (Å²) in [5.74, 6) is -0.682. The van der Waals surface area contributed by atoms with Gasteiger partial charge in [0.25, 0.3) is 5.91 Å². The smallest absolute Gasteiger partial charge is 0.263 e. The van der Waals surface area contributed by atoms with E-state index in [1.807, 2.05) is 0 Å². The maximum absolute atomic E-state index is 11.5. The standard InChI is InChI=1S/C10H5ClN2O3S2/c11-5-1-4(8(14)6(3-5)13-16)2-7-9(15)12-10(17)18-7/h1-3,14H,(H,12,15,17)/b7-2-. The lowest BCUT2D eigenvalue weighted by Gasteiger charge is -2.02. The number of carbonyl (C=O) groups is 1. The molecule has 1 amide bonds. The Morgan fingerprint density at radius 3 is 2.78 bits per heavy atom. The fourth-order valence-electron chi connectivity index (χ4n) is 1.35. The number of aromatic hydroxyl groups is 1. The molecule has 1 aliphatic heterocycles. The van der Waals surface area contributed by atoms with Crippen molar-refractivity contribution < 1.29 is 9.90 Å². The molecule has 5 nitrogen and oxygen atoms in total. The summed E-state index contributed by atoms with van der Waals surface area (Å²) in [6, 6.07) is 2.66. The fraction of sp³-hybridized carbons (Fsp3) is 0. The minimum absolute atomic E-state index is 0.180. The second-order valence-electron chi connectivity index (χ2n) is 3.31. The molecule has 1 aromatic rings. The highest BCUT2D eigenvalue weighted by Gasteiger charge is 2.23. The zero-order valence-electron chi connectivity index (χ0n) is 8.64. The van der Waals surface area contributed by atoms with Gasteiger partial charge in [0, 0.05) is 10.6 Å². The van der Waals surface area contributed by atoms with Gasteiger partial charge in [-0.1, -0.05) is 35.6 Å². The number of nitroso groups, excluding NO2 is 1. The van der Waals surface area contributed by atoms with Gasteiger partial charge in [0.05, 0.1) is 4.91 Å². The number of rotatable bonds is 2. The molecule has 1 saturated heterocycles. The summed E-state index contributed by atoms with van der Waals surface area (Å²) >= 11 is 11.7. The maximum atomic E-state index is 11.5. The van der Waals surface area contributed by atoms with Crippen molar-refractivity contribution in [3.63, 3.8) is 0 Å². The second-order valence-corrected chi connectivity index (χ2v) is 5.46. The lowest BCUT2D eigenvalue weighted by Crippen LogP contribution is -2.17. The van der Waals surface area contributed by atoms with Crippen molar-refractivity contribution in [1.82, 2.24) is 5.32 Å². The summed E-state index contributed by atoms with van der Waals surface area (Å²) in [5, 5.41) is 15.1. The monoisotopic (exact) mass is 300 g/mol. The molecule has 1 heterocycles. The average molecular weight is 301 g/mol. The molecule has 0 aromatic heterocycles. The molecule has 0 unspecified atom stereocenters. The normalized spacial score (nSPS) is 17.1. The molecule has 1 aliphatic rings. The van der Waals surface area contributed by atoms with Gasteiger partial charge >= 0.3 is 0 Å². The third kappa shape index (κ3) is 2.53. The first-order valence-electron chi connectivity index (χ1n) is 4.62. The van der Waals surface area contributed by atoms with Gasteiger partial charge < -0.3 is 10.4 Å². The highest BCUT2D eigenvalue weighted by molar-refractivity contribution is 8.26. The number of hydrogen-bond acceptors (Lipinski definition) is 6. The third-order valence-corrected chi connectivity index (χ3v) is 3.49. The number of halogens is 1. The highest BCUT2D eigenvalue weighted by atomic mass is 35.5. The molecule has 0 saturated carbocycles. The van der Waals surface area contributed by atoms with Gasteiger partial charge in [-0.25, -0.2) is 0 Å². The minimum Gasteiger partial charge on any atom is -0.505 e. The molecule has 18 heavy (non-hydrogen) atoms. The summed E-state index contributed by atoms with van der Waals surface area (Å²) in [7, 11) is 0. The van der Waals surface area contributed by atoms with Crippen molar-refractivity contribution in [3.05, 3.63) is 32.5 Å². The number of phenols is 1. The Kier molecular flexibility index (Phi) is 3.65. The first kappa shape index (κ1) is 13.0. The number of benzene rings is 1. The van der Waals surface area contributed by atoms with Crippen LogP contribution in [0.3, 0.4) is 0 Å². The van der Waals surface area contributed by atoms with E-state index < -0.39 is 0 Å². The Morgan fingerprint density at radius 2 is 2.22 bits per heavy atom. The summed E-state index contributed by atoms with van der Waals surface area (Å²) in [5.41, 5.74) is 0.0554. The largest absolute Gasteiger partial charge is 0.505 e. The summed E-state index contributed by atoms with van der Waals surface area (Å²) in [4.78, 5) is 22.3. The minimum atomic E-state index is -0.356. The Balaban J connectivity index is 2.49. The van der Waals surface area contributed by atoms with Gasteiger partial charge in [0.1, 0.15) is 4.32 Å². The van der Waals surface area contributed by atoms with Crippen molar-refractivity contribution in [1.29, 1.82) is 0 Å². The topological polar surface area (TPSA) is 78.8 Å². The van der Waals surface area contributed by atoms with Crippen LogP contribution in [0.25, 0.3) is 6.08 Å². The van der Waals surface area contributed by atoms with Crippen molar-refractivity contribution in [2.24, 2.45) is 5.18 Å². The van der Waals surface area contributed by atoms with E-state index in [0.717, 1.165) is 11.8 Å². The maximum Gasteiger partial charge on any atom is 0.263 e. The molecule has 1 fully saturated rings. The first-order valence-corrected chi connectivity index (χ1v) is 6.22. The Hall–Kier alpha value is -1.44. The van der Waals surface area contributed by atoms with E-state index in [1.165, 1.54) is 18.2 Å². The van der Waals surface area contributed by atoms with Crippen molar-refractivity contribution in [3.8, 4) is 5.75 Å². The van der Waals surface area contributed by atoms with Gasteiger partial charge in [0.15, 0.2) is 11.4 Å². The second kappa shape index (κ2) is 5.05. The molecule has 1 aromatic carbocycles. The number of amides is 1. The van der Waals surface area contributed by atoms with E-state index in [1.54, 1.807) is 0 Å². The molecule has 2 rings (SSSR count). The van der Waals surface area contributed by atoms with Crippen LogP contribution in [0.15, 0.2) is 22.2 Å². The first-order chi connectivity index (χ1) is 8.51. The van der Waals surface area contributed by atoms with Crippen LogP contribution in [0, 0.1) is 4.91 Å². The Bertz CT molecular complexity index is 601. The van der Waals surface area contributed by atoms with Crippen LogP contribution in [0.5, 0.6) is 5.75 Å². The predicted octanol–water partition coefficient (Wildman–Crippen LogP) is 2.93. The van der Waals surface area contributed by atoms with Crippen LogP contribution in [0.4, 0.5) is 5.69 Å². The van der Waals surface area contributed by atoms with Gasteiger partial charge in [-0.15, -0.1) is 4.91 Å². The van der Waals surface area contributed by atoms with E-state index in [0.29, 0.717) is 9.23 Å². The van der Waals surface area contributed by atoms with E-state index in [4.69, 9.17) is 23.8 Å². The van der Waals surface area contributed by atoms with Crippen LogP contribution in [0.2, 0.25) is 5.02 Å². The van der Waals surface area contributed by atoms with Gasteiger partial charge in [-0.3, -0.25) is 4.79 Å². The summed E-state index contributed by atoms with van der Waals surface area (Å²) in [6.07, 6.45) is 1.40. The van der Waals surface area contributed by atoms with E-state index in [2.05, 4.69) is 10.5 Å². The van der Waals surface area contributed by atoms with Crippen molar-refractivity contribution >= 4 is 57.6 Å². The van der Waals surface area contributed by atoms with E-state index in [9.17, 15) is 14.8 Å². The van der Waals surface area contributed by atoms with Crippen molar-refractivity contribution in [2.75, 3.05) is 0 Å². The zero-order valence-corrected chi connectivity index (χ0v) is 11.0. The number of nitrogens with zero attached hydrogens (tertiary/aromatic N) is 1. The zero-order chi connectivity index (χ0) is 13.3. The Morgan fingerprint density at radius 1 is 1.50 bits per heavy atom. The Labute approximate surface area is 116 Å². The molecule has 0 bridgehead atoms. The van der Waals surface area contributed by atoms with Crippen molar-refractivity contribution in [2.45, 2.75) is 0 Å². The molecule has 92 valence electrons. The summed E-state index contributed by atoms with van der Waals surface area (Å²) < 4.78 is 0.335. The molecular weight excluding hydrogens is 296 g/mol. The van der Waals surface area contributed by atoms with Crippen LogP contribution in [-0.4, -0.2) is 15.3 Å². The predicted molar refractivity (Wildman–Crippen MR) is 74.9 cm³/mol. The van der Waals surface area contributed by atoms with Gasteiger partial charge in [-0.05, 0) is 23.4 Å². The molecule has 0 atom stereocenters. The number of carbonyl (C=O) groups excluding carboxylic acids is 1. The van der Waals surface area contributed by atoms with Crippen LogP contribution in [0.1, 0.15) is 5.56 Å².